The summed E-state index contributed by atoms with van der Waals surface area (Å²) in [5.74, 6) is 0.642. The highest BCUT2D eigenvalue weighted by molar-refractivity contribution is 6.30. The molecule has 1 aromatic heterocycles. The average molecular weight is 267 g/mol. The van der Waals surface area contributed by atoms with Crippen molar-refractivity contribution in [2.24, 2.45) is 0 Å². The van der Waals surface area contributed by atoms with E-state index in [-0.39, 0.29) is 6.61 Å². The van der Waals surface area contributed by atoms with Gasteiger partial charge < -0.3 is 9.84 Å². The van der Waals surface area contributed by atoms with Gasteiger partial charge in [-0.2, -0.15) is 5.10 Å². The van der Waals surface area contributed by atoms with Gasteiger partial charge in [-0.25, -0.2) is 4.68 Å². The molecule has 2 rings (SSSR count). The maximum Gasteiger partial charge on any atom is 0.220 e. The summed E-state index contributed by atoms with van der Waals surface area (Å²) in [6.45, 7) is 1.97. The van der Waals surface area contributed by atoms with Crippen LogP contribution in [0, 0.1) is 6.92 Å². The molecule has 0 atom stereocenters. The van der Waals surface area contributed by atoms with Crippen molar-refractivity contribution in [3.63, 3.8) is 0 Å². The summed E-state index contributed by atoms with van der Waals surface area (Å²) in [5.41, 5.74) is 2.60. The van der Waals surface area contributed by atoms with Crippen molar-refractivity contribution in [2.75, 3.05) is 13.7 Å². The molecule has 0 amide bonds. The number of hydrogen-bond acceptors (Lipinski definition) is 3. The molecule has 0 aliphatic rings. The lowest BCUT2D eigenvalue weighted by Gasteiger charge is -2.07. The molecule has 0 unspecified atom stereocenters. The number of nitrogens with zero attached hydrogens (tertiary/aromatic N) is 2. The molecule has 1 aromatic carbocycles. The first kappa shape index (κ1) is 12.9. The average Bonchev–Trinajstić information content (AvgIpc) is 2.67. The van der Waals surface area contributed by atoms with Crippen LogP contribution in [0.3, 0.4) is 0 Å². The normalized spacial score (nSPS) is 10.7. The van der Waals surface area contributed by atoms with Crippen LogP contribution in [0.15, 0.2) is 24.3 Å². The van der Waals surface area contributed by atoms with Crippen molar-refractivity contribution < 1.29 is 9.84 Å². The first-order valence-electron chi connectivity index (χ1n) is 5.66. The number of benzene rings is 1. The maximum atomic E-state index is 9.07. The van der Waals surface area contributed by atoms with E-state index in [9.17, 15) is 0 Å². The van der Waals surface area contributed by atoms with Crippen molar-refractivity contribution in [1.82, 2.24) is 9.78 Å². The number of aliphatic hydroxyl groups is 1. The quantitative estimate of drug-likeness (QED) is 0.924. The molecule has 0 saturated heterocycles. The van der Waals surface area contributed by atoms with Gasteiger partial charge in [-0.15, -0.1) is 0 Å². The molecule has 0 spiro atoms. The molecular formula is C13H15ClN2O2. The van der Waals surface area contributed by atoms with Crippen molar-refractivity contribution in [3.05, 3.63) is 40.5 Å². The molecule has 0 bridgehead atoms. The van der Waals surface area contributed by atoms with Gasteiger partial charge in [-0.1, -0.05) is 17.7 Å². The van der Waals surface area contributed by atoms with E-state index in [1.807, 2.05) is 31.2 Å². The van der Waals surface area contributed by atoms with Crippen molar-refractivity contribution in [3.8, 4) is 11.6 Å². The molecule has 2 aromatic rings. The van der Waals surface area contributed by atoms with Gasteiger partial charge in [0.2, 0.25) is 5.88 Å². The smallest absolute Gasteiger partial charge is 0.220 e. The lowest BCUT2D eigenvalue weighted by molar-refractivity contribution is 0.295. The van der Waals surface area contributed by atoms with E-state index < -0.39 is 0 Å². The second-order valence-corrected chi connectivity index (χ2v) is 4.37. The van der Waals surface area contributed by atoms with Gasteiger partial charge in [-0.05, 0) is 25.1 Å². The van der Waals surface area contributed by atoms with Gasteiger partial charge in [0.15, 0.2) is 0 Å². The second-order valence-electron chi connectivity index (χ2n) is 3.94. The molecule has 0 radical (unpaired) electrons. The van der Waals surface area contributed by atoms with Crippen molar-refractivity contribution in [2.45, 2.75) is 13.3 Å². The van der Waals surface area contributed by atoms with E-state index in [1.54, 1.807) is 11.8 Å². The molecule has 0 aliphatic heterocycles. The van der Waals surface area contributed by atoms with Gasteiger partial charge in [-0.3, -0.25) is 0 Å². The first-order chi connectivity index (χ1) is 8.67. The van der Waals surface area contributed by atoms with Crippen LogP contribution in [-0.4, -0.2) is 28.6 Å². The van der Waals surface area contributed by atoms with Crippen LogP contribution in [0.4, 0.5) is 0 Å². The minimum atomic E-state index is 0.0679. The number of ether oxygens (including phenoxy) is 1. The molecule has 0 fully saturated rings. The Balaban J connectivity index is 2.54. The number of rotatable bonds is 4. The van der Waals surface area contributed by atoms with Gasteiger partial charge in [0.1, 0.15) is 0 Å². The fourth-order valence-corrected chi connectivity index (χ4v) is 2.12. The molecule has 0 aliphatic carbocycles. The largest absolute Gasteiger partial charge is 0.481 e. The number of aromatic nitrogens is 2. The van der Waals surface area contributed by atoms with Crippen LogP contribution in [0.2, 0.25) is 5.02 Å². The number of methoxy groups -OCH3 is 1. The Bertz CT molecular complexity index is 552. The molecule has 18 heavy (non-hydrogen) atoms. The molecule has 1 heterocycles. The number of aliphatic hydroxyl groups excluding tert-OH is 1. The summed E-state index contributed by atoms with van der Waals surface area (Å²) in [6.07, 6.45) is 0.523. The van der Waals surface area contributed by atoms with Gasteiger partial charge in [0, 0.05) is 23.6 Å². The highest BCUT2D eigenvalue weighted by atomic mass is 35.5. The van der Waals surface area contributed by atoms with Crippen molar-refractivity contribution in [1.29, 1.82) is 0 Å². The van der Waals surface area contributed by atoms with E-state index in [0.29, 0.717) is 17.3 Å². The summed E-state index contributed by atoms with van der Waals surface area (Å²) in [5, 5.41) is 14.2. The fourth-order valence-electron chi connectivity index (χ4n) is 1.93. The zero-order valence-electron chi connectivity index (χ0n) is 10.4. The number of aryl methyl sites for hydroxylation is 1. The Morgan fingerprint density at radius 2 is 2.22 bits per heavy atom. The number of hydrogen-bond donors (Lipinski definition) is 1. The molecule has 96 valence electrons. The minimum Gasteiger partial charge on any atom is -0.481 e. The second kappa shape index (κ2) is 5.42. The first-order valence-corrected chi connectivity index (χ1v) is 6.04. The van der Waals surface area contributed by atoms with Crippen LogP contribution in [0.25, 0.3) is 5.69 Å². The Hall–Kier alpha value is -1.52. The van der Waals surface area contributed by atoms with Gasteiger partial charge in [0.25, 0.3) is 0 Å². The lowest BCUT2D eigenvalue weighted by Crippen LogP contribution is -2.01. The summed E-state index contributed by atoms with van der Waals surface area (Å²) < 4.78 is 7.09. The molecule has 0 saturated carbocycles. The predicted molar refractivity (Wildman–Crippen MR) is 70.7 cm³/mol. The summed E-state index contributed by atoms with van der Waals surface area (Å²) >= 11 is 5.98. The Kier molecular flexibility index (Phi) is 3.89. The van der Waals surface area contributed by atoms with Crippen LogP contribution < -0.4 is 4.74 Å². The Morgan fingerprint density at radius 1 is 1.44 bits per heavy atom. The third-order valence-corrected chi connectivity index (χ3v) is 2.98. The number of halogens is 1. The third kappa shape index (κ3) is 2.35. The van der Waals surface area contributed by atoms with E-state index in [4.69, 9.17) is 21.4 Å². The summed E-state index contributed by atoms with van der Waals surface area (Å²) in [6, 6.07) is 7.39. The Morgan fingerprint density at radius 3 is 2.83 bits per heavy atom. The van der Waals surface area contributed by atoms with Crippen LogP contribution in [-0.2, 0) is 6.42 Å². The van der Waals surface area contributed by atoms with Crippen LogP contribution >= 0.6 is 11.6 Å². The topological polar surface area (TPSA) is 47.3 Å². The monoisotopic (exact) mass is 266 g/mol. The predicted octanol–water partition coefficient (Wildman–Crippen LogP) is 2.38. The highest BCUT2D eigenvalue weighted by Gasteiger charge is 2.16. The zero-order valence-corrected chi connectivity index (χ0v) is 11.1. The van der Waals surface area contributed by atoms with E-state index in [0.717, 1.165) is 16.9 Å². The minimum absolute atomic E-state index is 0.0679. The van der Waals surface area contributed by atoms with Crippen LogP contribution in [0.5, 0.6) is 5.88 Å². The summed E-state index contributed by atoms with van der Waals surface area (Å²) in [4.78, 5) is 0. The lowest BCUT2D eigenvalue weighted by atomic mass is 10.2. The standard InChI is InChI=1S/C13H15ClN2O2/c1-9-12(6-7-17)13(18-2)16(15-9)11-5-3-4-10(14)8-11/h3-5,8,17H,6-7H2,1-2H3. The SMILES string of the molecule is COc1c(CCO)c(C)nn1-c1cccc(Cl)c1. The maximum absolute atomic E-state index is 9.07. The van der Waals surface area contributed by atoms with E-state index in [2.05, 4.69) is 5.10 Å². The van der Waals surface area contributed by atoms with Crippen molar-refractivity contribution >= 4 is 11.6 Å². The van der Waals surface area contributed by atoms with Gasteiger partial charge >= 0.3 is 0 Å². The van der Waals surface area contributed by atoms with E-state index in [1.165, 1.54) is 0 Å². The Labute approximate surface area is 111 Å². The highest BCUT2D eigenvalue weighted by Crippen LogP contribution is 2.27. The van der Waals surface area contributed by atoms with Gasteiger partial charge in [0.05, 0.1) is 18.5 Å². The van der Waals surface area contributed by atoms with Crippen LogP contribution in [0.1, 0.15) is 11.3 Å². The van der Waals surface area contributed by atoms with E-state index >= 15 is 0 Å². The summed E-state index contributed by atoms with van der Waals surface area (Å²) in [7, 11) is 1.60. The molecular weight excluding hydrogens is 252 g/mol. The molecule has 1 N–H and O–H groups in total. The molecule has 5 heteroatoms. The third-order valence-electron chi connectivity index (χ3n) is 2.75. The fraction of sp³-hybridized carbons (Fsp3) is 0.308. The zero-order chi connectivity index (χ0) is 13.1. The molecule has 4 nitrogen and oxygen atoms in total.